The maximum absolute atomic E-state index is 2.53. The summed E-state index contributed by atoms with van der Waals surface area (Å²) in [5, 5.41) is 0. The van der Waals surface area contributed by atoms with E-state index < -0.39 is 0 Å². The van der Waals surface area contributed by atoms with Gasteiger partial charge < -0.3 is 0 Å². The molecule has 0 unspecified atom stereocenters. The summed E-state index contributed by atoms with van der Waals surface area (Å²) in [7, 11) is 0. The highest BCUT2D eigenvalue weighted by Crippen LogP contribution is 2.30. The molecule has 0 aliphatic heterocycles. The fourth-order valence-corrected chi connectivity index (χ4v) is 2.47. The van der Waals surface area contributed by atoms with Gasteiger partial charge >= 0.3 is 0 Å². The number of alkyl halides is 1. The molecule has 0 radical (unpaired) electrons. The zero-order chi connectivity index (χ0) is 8.39. The Kier molecular flexibility index (Phi) is 2.49. The van der Waals surface area contributed by atoms with Gasteiger partial charge in [0.2, 0.25) is 0 Å². The largest absolute Gasteiger partial charge is 0.0804 e. The topological polar surface area (TPSA) is 0 Å². The highest BCUT2D eigenvalue weighted by molar-refractivity contribution is 14.1. The van der Waals surface area contributed by atoms with Gasteiger partial charge in [0, 0.05) is 0 Å². The molecule has 2 aliphatic carbocycles. The Morgan fingerprint density at radius 1 is 1.00 bits per heavy atom. The van der Waals surface area contributed by atoms with Gasteiger partial charge in [-0.25, -0.2) is 0 Å². The number of hydrogen-bond donors (Lipinski definition) is 0. The van der Waals surface area contributed by atoms with Crippen molar-refractivity contribution in [2.24, 2.45) is 0 Å². The van der Waals surface area contributed by atoms with Crippen LogP contribution in [-0.4, -0.2) is 3.92 Å². The average Bonchev–Trinajstić information content (AvgIpc) is 2.77. The molecule has 0 aromatic heterocycles. The maximum Gasteiger partial charge on any atom is 0.0540 e. The number of hydrogen-bond acceptors (Lipinski definition) is 0. The second-order valence-electron chi connectivity index (χ2n) is 3.11. The molecule has 0 saturated heterocycles. The van der Waals surface area contributed by atoms with Crippen LogP contribution in [0.25, 0.3) is 0 Å². The molecule has 0 fully saturated rings. The van der Waals surface area contributed by atoms with Crippen molar-refractivity contribution in [2.75, 3.05) is 0 Å². The summed E-state index contributed by atoms with van der Waals surface area (Å²) in [6, 6.07) is 0. The molecule has 0 N–H and O–H groups in total. The summed E-state index contributed by atoms with van der Waals surface area (Å²) in [6.07, 6.45) is 15.5. The Morgan fingerprint density at radius 2 is 1.50 bits per heavy atom. The minimum Gasteiger partial charge on any atom is -0.0804 e. The molecule has 0 amide bonds. The SMILES string of the molecule is IC(C1=CC=CC1)C1=CC=CC1. The van der Waals surface area contributed by atoms with Crippen molar-refractivity contribution in [3.8, 4) is 0 Å². The number of halogens is 1. The Morgan fingerprint density at radius 3 is 1.83 bits per heavy atom. The minimum absolute atomic E-state index is 0.618. The van der Waals surface area contributed by atoms with Gasteiger partial charge in [-0.1, -0.05) is 59.0 Å². The first-order valence-corrected chi connectivity index (χ1v) is 5.48. The second kappa shape index (κ2) is 3.60. The first kappa shape index (κ1) is 8.30. The molecule has 12 heavy (non-hydrogen) atoms. The molecule has 0 heterocycles. The zero-order valence-electron chi connectivity index (χ0n) is 6.83. The number of rotatable bonds is 2. The molecule has 62 valence electrons. The van der Waals surface area contributed by atoms with Crippen LogP contribution in [0, 0.1) is 0 Å². The van der Waals surface area contributed by atoms with Gasteiger partial charge in [-0.3, -0.25) is 0 Å². The highest BCUT2D eigenvalue weighted by Gasteiger charge is 2.16. The smallest absolute Gasteiger partial charge is 0.0540 e. The van der Waals surface area contributed by atoms with Crippen molar-refractivity contribution in [1.82, 2.24) is 0 Å². The lowest BCUT2D eigenvalue weighted by Gasteiger charge is -2.11. The van der Waals surface area contributed by atoms with Crippen LogP contribution in [0.1, 0.15) is 12.8 Å². The van der Waals surface area contributed by atoms with Gasteiger partial charge in [0.1, 0.15) is 0 Å². The van der Waals surface area contributed by atoms with E-state index in [1.165, 1.54) is 0 Å². The van der Waals surface area contributed by atoms with E-state index in [4.69, 9.17) is 0 Å². The molecule has 0 atom stereocenters. The van der Waals surface area contributed by atoms with Crippen molar-refractivity contribution in [2.45, 2.75) is 16.8 Å². The van der Waals surface area contributed by atoms with Crippen molar-refractivity contribution < 1.29 is 0 Å². The third kappa shape index (κ3) is 1.56. The van der Waals surface area contributed by atoms with E-state index in [1.807, 2.05) is 0 Å². The van der Waals surface area contributed by atoms with Gasteiger partial charge in [-0.15, -0.1) is 0 Å². The van der Waals surface area contributed by atoms with E-state index in [2.05, 4.69) is 59.0 Å². The monoisotopic (exact) mass is 270 g/mol. The van der Waals surface area contributed by atoms with Crippen LogP contribution in [0.4, 0.5) is 0 Å². The van der Waals surface area contributed by atoms with Crippen LogP contribution in [-0.2, 0) is 0 Å². The van der Waals surface area contributed by atoms with E-state index in [0.717, 1.165) is 12.8 Å². The minimum atomic E-state index is 0.618. The highest BCUT2D eigenvalue weighted by atomic mass is 127. The molecular weight excluding hydrogens is 259 g/mol. The Hall–Kier alpha value is -0.310. The van der Waals surface area contributed by atoms with Gasteiger partial charge in [0.15, 0.2) is 0 Å². The molecule has 0 spiro atoms. The lowest BCUT2D eigenvalue weighted by molar-refractivity contribution is 1.07. The normalized spacial score (nSPS) is 20.5. The molecule has 2 rings (SSSR count). The first-order valence-electron chi connectivity index (χ1n) is 4.23. The van der Waals surface area contributed by atoms with Crippen LogP contribution in [0.5, 0.6) is 0 Å². The fourth-order valence-electron chi connectivity index (χ4n) is 1.54. The lowest BCUT2D eigenvalue weighted by Crippen LogP contribution is -2.02. The molecule has 0 bridgehead atoms. The summed E-state index contributed by atoms with van der Waals surface area (Å²) in [5.41, 5.74) is 3.09. The summed E-state index contributed by atoms with van der Waals surface area (Å²) in [4.78, 5) is 0. The van der Waals surface area contributed by atoms with E-state index in [0.29, 0.717) is 3.92 Å². The van der Waals surface area contributed by atoms with E-state index in [9.17, 15) is 0 Å². The van der Waals surface area contributed by atoms with Gasteiger partial charge in [-0.05, 0) is 24.0 Å². The number of allylic oxidation sites excluding steroid dienone is 8. The van der Waals surface area contributed by atoms with E-state index >= 15 is 0 Å². The molecule has 2 aliphatic rings. The van der Waals surface area contributed by atoms with Crippen LogP contribution in [0.2, 0.25) is 0 Å². The van der Waals surface area contributed by atoms with Crippen molar-refractivity contribution >= 4 is 22.6 Å². The summed E-state index contributed by atoms with van der Waals surface area (Å²) in [5.74, 6) is 0. The Bertz CT molecular complexity index is 262. The molecule has 1 heteroatoms. The Balaban J connectivity index is 2.05. The van der Waals surface area contributed by atoms with Gasteiger partial charge in [0.05, 0.1) is 3.92 Å². The van der Waals surface area contributed by atoms with Crippen LogP contribution >= 0.6 is 22.6 Å². The predicted octanol–water partition coefficient (Wildman–Crippen LogP) is 3.56. The lowest BCUT2D eigenvalue weighted by atomic mass is 10.0. The quantitative estimate of drug-likeness (QED) is 0.531. The first-order chi connectivity index (χ1) is 5.88. The summed E-state index contributed by atoms with van der Waals surface area (Å²) >= 11 is 2.53. The van der Waals surface area contributed by atoms with Crippen LogP contribution in [0.3, 0.4) is 0 Å². The van der Waals surface area contributed by atoms with Crippen LogP contribution < -0.4 is 0 Å². The third-order valence-electron chi connectivity index (χ3n) is 2.25. The molecule has 0 aromatic carbocycles. The van der Waals surface area contributed by atoms with E-state index in [-0.39, 0.29) is 0 Å². The van der Waals surface area contributed by atoms with Gasteiger partial charge in [-0.2, -0.15) is 0 Å². The molecule has 0 saturated carbocycles. The summed E-state index contributed by atoms with van der Waals surface area (Å²) in [6.45, 7) is 0. The molecular formula is C11H11I. The second-order valence-corrected chi connectivity index (χ2v) is 4.36. The zero-order valence-corrected chi connectivity index (χ0v) is 8.99. The van der Waals surface area contributed by atoms with Crippen LogP contribution in [0.15, 0.2) is 47.6 Å². The standard InChI is InChI=1S/C11H11I/c12-11(9-5-1-2-6-9)10-7-3-4-8-10/h1-5,7,11H,6,8H2. The fraction of sp³-hybridized carbons (Fsp3) is 0.273. The van der Waals surface area contributed by atoms with Gasteiger partial charge in [0.25, 0.3) is 0 Å². The van der Waals surface area contributed by atoms with Crippen molar-refractivity contribution in [3.63, 3.8) is 0 Å². The van der Waals surface area contributed by atoms with Crippen molar-refractivity contribution in [3.05, 3.63) is 47.6 Å². The summed E-state index contributed by atoms with van der Waals surface area (Å²) < 4.78 is 0.618. The molecule has 0 aromatic rings. The average molecular weight is 270 g/mol. The maximum atomic E-state index is 2.53. The van der Waals surface area contributed by atoms with E-state index in [1.54, 1.807) is 11.1 Å². The Labute approximate surface area is 86.9 Å². The third-order valence-corrected chi connectivity index (χ3v) is 3.85. The molecule has 0 nitrogen and oxygen atoms in total. The predicted molar refractivity (Wildman–Crippen MR) is 61.5 cm³/mol. The van der Waals surface area contributed by atoms with Crippen molar-refractivity contribution in [1.29, 1.82) is 0 Å².